The van der Waals surface area contributed by atoms with Crippen molar-refractivity contribution < 1.29 is 14.2 Å². The molecule has 0 amide bonds. The third kappa shape index (κ3) is 4.32. The predicted molar refractivity (Wildman–Crippen MR) is 65.6 cm³/mol. The molecule has 3 nitrogen and oxygen atoms in total. The van der Waals surface area contributed by atoms with Gasteiger partial charge in [-0.3, -0.25) is 0 Å². The number of phenolic OH excluding ortho intramolecular Hbond substituents is 1. The van der Waals surface area contributed by atoms with Crippen molar-refractivity contribution in [2.45, 2.75) is 32.9 Å². The van der Waals surface area contributed by atoms with Gasteiger partial charge < -0.3 is 15.2 Å². The molecule has 4 heteroatoms. The van der Waals surface area contributed by atoms with Gasteiger partial charge in [0.1, 0.15) is 11.6 Å². The number of ether oxygens (including phenoxy) is 1. The van der Waals surface area contributed by atoms with Crippen LogP contribution in [-0.4, -0.2) is 24.4 Å². The molecule has 0 aliphatic carbocycles. The van der Waals surface area contributed by atoms with E-state index in [1.165, 1.54) is 6.07 Å². The maximum absolute atomic E-state index is 13.5. The Hall–Kier alpha value is -1.13. The number of hydrogen-bond donors (Lipinski definition) is 2. The minimum absolute atomic E-state index is 0.0545. The molecule has 1 rings (SSSR count). The van der Waals surface area contributed by atoms with Crippen LogP contribution in [0, 0.1) is 5.82 Å². The van der Waals surface area contributed by atoms with Crippen molar-refractivity contribution in [1.29, 1.82) is 0 Å². The van der Waals surface area contributed by atoms with Crippen LogP contribution < -0.4 is 5.32 Å². The highest BCUT2D eigenvalue weighted by atomic mass is 19.1. The number of benzene rings is 1. The molecule has 96 valence electrons. The van der Waals surface area contributed by atoms with Gasteiger partial charge in [0.25, 0.3) is 0 Å². The highest BCUT2D eigenvalue weighted by Gasteiger charge is 2.12. The summed E-state index contributed by atoms with van der Waals surface area (Å²) in [4.78, 5) is 0. The van der Waals surface area contributed by atoms with Crippen LogP contribution in [-0.2, 0) is 4.74 Å². The Labute approximate surface area is 102 Å². The molecule has 0 bridgehead atoms. The fraction of sp³-hybridized carbons (Fsp3) is 0.538. The number of nitrogens with one attached hydrogen (secondary N) is 1. The van der Waals surface area contributed by atoms with Crippen molar-refractivity contribution in [3.05, 3.63) is 29.6 Å². The van der Waals surface area contributed by atoms with E-state index in [0.717, 1.165) is 6.07 Å². The van der Waals surface area contributed by atoms with E-state index in [1.54, 1.807) is 6.07 Å². The Bertz CT molecular complexity index is 357. The number of aromatic hydroxyl groups is 1. The van der Waals surface area contributed by atoms with Gasteiger partial charge in [0.15, 0.2) is 0 Å². The first-order chi connectivity index (χ1) is 8.04. The van der Waals surface area contributed by atoms with Gasteiger partial charge in [0, 0.05) is 30.8 Å². The van der Waals surface area contributed by atoms with Gasteiger partial charge >= 0.3 is 0 Å². The summed E-state index contributed by atoms with van der Waals surface area (Å²) in [5.41, 5.74) is 0.548. The Kier molecular flexibility index (Phi) is 5.38. The van der Waals surface area contributed by atoms with Gasteiger partial charge in [-0.15, -0.1) is 0 Å². The van der Waals surface area contributed by atoms with E-state index in [9.17, 15) is 4.39 Å². The minimum Gasteiger partial charge on any atom is -0.508 e. The normalized spacial score (nSPS) is 14.6. The standard InChI is InChI=1S/C13H20FNO2/c1-4-17-9(2)8-15-10(3)12-6-5-11(16)7-13(12)14/h5-7,9-10,15-16H,4,8H2,1-3H3. The molecule has 0 heterocycles. The monoisotopic (exact) mass is 241 g/mol. The van der Waals surface area contributed by atoms with E-state index >= 15 is 0 Å². The average Bonchev–Trinajstić information content (AvgIpc) is 2.26. The van der Waals surface area contributed by atoms with Gasteiger partial charge in [0.05, 0.1) is 6.10 Å². The molecule has 2 N–H and O–H groups in total. The van der Waals surface area contributed by atoms with E-state index in [4.69, 9.17) is 9.84 Å². The zero-order valence-corrected chi connectivity index (χ0v) is 10.5. The molecule has 1 aromatic rings. The number of rotatable bonds is 6. The Morgan fingerprint density at radius 1 is 1.41 bits per heavy atom. The van der Waals surface area contributed by atoms with Gasteiger partial charge in [-0.1, -0.05) is 6.07 Å². The van der Waals surface area contributed by atoms with Crippen molar-refractivity contribution in [3.63, 3.8) is 0 Å². The molecule has 0 spiro atoms. The lowest BCUT2D eigenvalue weighted by Gasteiger charge is -2.18. The number of phenols is 1. The SMILES string of the molecule is CCOC(C)CNC(C)c1ccc(O)cc1F. The molecular formula is C13H20FNO2. The van der Waals surface area contributed by atoms with Crippen molar-refractivity contribution in [2.75, 3.05) is 13.2 Å². The quantitative estimate of drug-likeness (QED) is 0.804. The van der Waals surface area contributed by atoms with E-state index in [0.29, 0.717) is 18.7 Å². The van der Waals surface area contributed by atoms with Crippen LogP contribution in [0.5, 0.6) is 5.75 Å². The maximum atomic E-state index is 13.5. The van der Waals surface area contributed by atoms with E-state index < -0.39 is 5.82 Å². The third-order valence-corrected chi connectivity index (χ3v) is 2.61. The molecule has 17 heavy (non-hydrogen) atoms. The highest BCUT2D eigenvalue weighted by Crippen LogP contribution is 2.20. The van der Waals surface area contributed by atoms with Crippen molar-refractivity contribution in [2.24, 2.45) is 0 Å². The number of halogens is 1. The lowest BCUT2D eigenvalue weighted by molar-refractivity contribution is 0.0742. The topological polar surface area (TPSA) is 41.5 Å². The van der Waals surface area contributed by atoms with Crippen LogP contribution in [0.25, 0.3) is 0 Å². The summed E-state index contributed by atoms with van der Waals surface area (Å²) in [6, 6.07) is 4.09. The first-order valence-corrected chi connectivity index (χ1v) is 5.88. The molecule has 0 aromatic heterocycles. The molecule has 0 saturated carbocycles. The molecule has 1 aromatic carbocycles. The maximum Gasteiger partial charge on any atom is 0.131 e. The Balaban J connectivity index is 2.54. The smallest absolute Gasteiger partial charge is 0.131 e. The largest absolute Gasteiger partial charge is 0.508 e. The van der Waals surface area contributed by atoms with Gasteiger partial charge in [-0.25, -0.2) is 4.39 Å². The highest BCUT2D eigenvalue weighted by molar-refractivity contribution is 5.29. The zero-order valence-electron chi connectivity index (χ0n) is 10.5. The summed E-state index contributed by atoms with van der Waals surface area (Å²) in [6.07, 6.45) is 0.0997. The van der Waals surface area contributed by atoms with Gasteiger partial charge in [-0.05, 0) is 26.8 Å². The van der Waals surface area contributed by atoms with Gasteiger partial charge in [-0.2, -0.15) is 0 Å². The molecule has 0 aliphatic rings. The lowest BCUT2D eigenvalue weighted by Crippen LogP contribution is -2.29. The fourth-order valence-electron chi connectivity index (χ4n) is 1.66. The predicted octanol–water partition coefficient (Wildman–Crippen LogP) is 2.61. The summed E-state index contributed by atoms with van der Waals surface area (Å²) in [5, 5.41) is 12.3. The van der Waals surface area contributed by atoms with Crippen molar-refractivity contribution in [1.82, 2.24) is 5.32 Å². The zero-order chi connectivity index (χ0) is 12.8. The van der Waals surface area contributed by atoms with Crippen LogP contribution in [0.3, 0.4) is 0 Å². The second-order valence-corrected chi connectivity index (χ2v) is 4.10. The summed E-state index contributed by atoms with van der Waals surface area (Å²) in [6.45, 7) is 7.13. The molecule has 0 aliphatic heterocycles. The Morgan fingerprint density at radius 3 is 2.71 bits per heavy atom. The van der Waals surface area contributed by atoms with Crippen LogP contribution in [0.4, 0.5) is 4.39 Å². The van der Waals surface area contributed by atoms with Crippen LogP contribution >= 0.6 is 0 Å². The third-order valence-electron chi connectivity index (χ3n) is 2.61. The molecule has 2 unspecified atom stereocenters. The van der Waals surface area contributed by atoms with Crippen LogP contribution in [0.1, 0.15) is 32.4 Å². The molecule has 2 atom stereocenters. The van der Waals surface area contributed by atoms with E-state index in [-0.39, 0.29) is 17.9 Å². The number of hydrogen-bond acceptors (Lipinski definition) is 3. The minimum atomic E-state index is -0.394. The molecule has 0 saturated heterocycles. The first-order valence-electron chi connectivity index (χ1n) is 5.88. The van der Waals surface area contributed by atoms with Crippen LogP contribution in [0.15, 0.2) is 18.2 Å². The molecular weight excluding hydrogens is 221 g/mol. The first kappa shape index (κ1) is 13.9. The second kappa shape index (κ2) is 6.57. The summed E-state index contributed by atoms with van der Waals surface area (Å²) in [7, 11) is 0. The van der Waals surface area contributed by atoms with E-state index in [1.807, 2.05) is 20.8 Å². The van der Waals surface area contributed by atoms with Crippen molar-refractivity contribution in [3.8, 4) is 5.75 Å². The second-order valence-electron chi connectivity index (χ2n) is 4.10. The van der Waals surface area contributed by atoms with Gasteiger partial charge in [0.2, 0.25) is 0 Å². The summed E-state index contributed by atoms with van der Waals surface area (Å²) < 4.78 is 18.9. The fourth-order valence-corrected chi connectivity index (χ4v) is 1.66. The average molecular weight is 241 g/mol. The van der Waals surface area contributed by atoms with Crippen LogP contribution in [0.2, 0.25) is 0 Å². The lowest BCUT2D eigenvalue weighted by atomic mass is 10.1. The molecule has 0 fully saturated rings. The summed E-state index contributed by atoms with van der Waals surface area (Å²) >= 11 is 0. The Morgan fingerprint density at radius 2 is 2.12 bits per heavy atom. The molecule has 0 radical (unpaired) electrons. The van der Waals surface area contributed by atoms with E-state index in [2.05, 4.69) is 5.32 Å². The van der Waals surface area contributed by atoms with Crippen molar-refractivity contribution >= 4 is 0 Å². The summed E-state index contributed by atoms with van der Waals surface area (Å²) in [5.74, 6) is -0.449.